The third-order valence-corrected chi connectivity index (χ3v) is 6.30. The summed E-state index contributed by atoms with van der Waals surface area (Å²) in [6.07, 6.45) is 5.01. The van der Waals surface area contributed by atoms with E-state index in [1.807, 2.05) is 24.7 Å². The van der Waals surface area contributed by atoms with Crippen LogP contribution in [0.1, 0.15) is 26.7 Å². The second kappa shape index (κ2) is 9.48. The number of anilines is 1. The van der Waals surface area contributed by atoms with Gasteiger partial charge in [-0.05, 0) is 38.7 Å². The largest absolute Gasteiger partial charge is 0.462 e. The molecule has 0 aliphatic carbocycles. The number of imidazole rings is 1. The molecule has 0 saturated carbocycles. The maximum Gasteiger partial charge on any atom is 0.323 e. The van der Waals surface area contributed by atoms with Crippen molar-refractivity contribution in [2.24, 2.45) is 5.73 Å². The molecule has 4 rings (SSSR count). The van der Waals surface area contributed by atoms with Crippen molar-refractivity contribution >= 4 is 34.7 Å². The molecule has 2 aliphatic rings. The minimum absolute atomic E-state index is 0.0701. The monoisotopic (exact) mass is 466 g/mol. The van der Waals surface area contributed by atoms with Crippen molar-refractivity contribution in [3.63, 3.8) is 0 Å². The summed E-state index contributed by atoms with van der Waals surface area (Å²) in [4.78, 5) is 24.8. The van der Waals surface area contributed by atoms with Gasteiger partial charge in [0.15, 0.2) is 17.3 Å². The molecule has 2 aliphatic heterocycles. The van der Waals surface area contributed by atoms with Crippen LogP contribution in [0.15, 0.2) is 12.7 Å². The summed E-state index contributed by atoms with van der Waals surface area (Å²) in [5.74, 6) is -0.0217. The van der Waals surface area contributed by atoms with Gasteiger partial charge in [0.2, 0.25) is 0 Å². The first-order valence-corrected chi connectivity index (χ1v) is 12.0. The van der Waals surface area contributed by atoms with E-state index >= 15 is 0 Å². The molecule has 0 unspecified atom stereocenters. The van der Waals surface area contributed by atoms with Crippen molar-refractivity contribution in [3.05, 3.63) is 12.7 Å². The van der Waals surface area contributed by atoms with E-state index in [4.69, 9.17) is 30.4 Å². The number of nitrogens with zero attached hydrogens (tertiary/aromatic N) is 4. The molecular formula is C20H30N6O5S. The van der Waals surface area contributed by atoms with Crippen LogP contribution >= 0.6 is 11.8 Å². The Hall–Kier alpha value is -1.99. The minimum atomic E-state index is -0.738. The molecule has 5 atom stereocenters. The van der Waals surface area contributed by atoms with Crippen molar-refractivity contribution in [2.75, 3.05) is 24.3 Å². The number of carbonyl (C=O) groups excluding carboxylic acids is 1. The number of esters is 1. The molecule has 176 valence electrons. The van der Waals surface area contributed by atoms with E-state index < -0.39 is 23.9 Å². The number of thioether (sulfide) groups is 1. The number of hydrogen-bond acceptors (Lipinski definition) is 11. The Kier molecular flexibility index (Phi) is 6.86. The Labute approximate surface area is 190 Å². The maximum absolute atomic E-state index is 12.2. The molecule has 0 radical (unpaired) electrons. The van der Waals surface area contributed by atoms with E-state index in [-0.39, 0.29) is 24.9 Å². The normalized spacial score (nSPS) is 27.5. The third kappa shape index (κ3) is 4.84. The van der Waals surface area contributed by atoms with Crippen LogP contribution in [0.4, 0.5) is 5.82 Å². The summed E-state index contributed by atoms with van der Waals surface area (Å²) in [5, 5.41) is 0. The van der Waals surface area contributed by atoms with Gasteiger partial charge in [-0.25, -0.2) is 15.0 Å². The molecule has 2 fully saturated rings. The van der Waals surface area contributed by atoms with Crippen LogP contribution in [-0.2, 0) is 30.3 Å². The smallest absolute Gasteiger partial charge is 0.323 e. The second-order valence-corrected chi connectivity index (χ2v) is 9.44. The standard InChI is InChI=1S/C20H30N6O5S/c1-20(2)30-15-12(4-6-26-10-25-14-17(22)23-9-24-18(14)26)29-13(16(15)31-20)8-28-19(27)11(21)5-7-32-3/h9-13,15-16H,4-8,21H2,1-3H3,(H2,22,23,24)/t11-,12-,13+,15-,16+/m0/s1. The maximum atomic E-state index is 12.2. The van der Waals surface area contributed by atoms with Gasteiger partial charge in [0.25, 0.3) is 0 Å². The molecule has 12 heteroatoms. The van der Waals surface area contributed by atoms with Crippen LogP contribution < -0.4 is 11.5 Å². The zero-order valence-electron chi connectivity index (χ0n) is 18.5. The van der Waals surface area contributed by atoms with Crippen LogP contribution in [0.3, 0.4) is 0 Å². The highest BCUT2D eigenvalue weighted by Gasteiger charge is 2.55. The summed E-state index contributed by atoms with van der Waals surface area (Å²) in [5.41, 5.74) is 13.0. The van der Waals surface area contributed by atoms with Crippen molar-refractivity contribution in [1.29, 1.82) is 0 Å². The number of fused-ring (bicyclic) bond motifs is 2. The highest BCUT2D eigenvalue weighted by molar-refractivity contribution is 7.98. The SMILES string of the molecule is CSCC[C@H](N)C(=O)OC[C@H]1O[C@@H](CCn2cnc3c(N)ncnc32)[C@@H]2OC(C)(C)O[C@@H]21. The Bertz CT molecular complexity index is 956. The van der Waals surface area contributed by atoms with E-state index in [1.165, 1.54) is 6.33 Å². The molecular weight excluding hydrogens is 436 g/mol. The molecule has 2 aromatic rings. The van der Waals surface area contributed by atoms with Gasteiger partial charge in [-0.3, -0.25) is 4.79 Å². The molecule has 11 nitrogen and oxygen atoms in total. The Morgan fingerprint density at radius 3 is 2.78 bits per heavy atom. The molecule has 2 saturated heterocycles. The molecule has 2 aromatic heterocycles. The first kappa shape index (κ1) is 23.2. The number of ether oxygens (including phenoxy) is 4. The predicted octanol–water partition coefficient (Wildman–Crippen LogP) is 0.710. The molecule has 4 N–H and O–H groups in total. The Balaban J connectivity index is 1.39. The number of rotatable bonds is 9. The van der Waals surface area contributed by atoms with Crippen LogP contribution in [0.5, 0.6) is 0 Å². The molecule has 0 amide bonds. The van der Waals surface area contributed by atoms with Crippen molar-refractivity contribution < 1.29 is 23.7 Å². The molecule has 0 aromatic carbocycles. The number of aryl methyl sites for hydroxylation is 1. The highest BCUT2D eigenvalue weighted by atomic mass is 32.2. The predicted molar refractivity (Wildman–Crippen MR) is 119 cm³/mol. The fourth-order valence-corrected chi connectivity index (χ4v) is 4.59. The average molecular weight is 467 g/mol. The lowest BCUT2D eigenvalue weighted by Crippen LogP contribution is -2.38. The van der Waals surface area contributed by atoms with Gasteiger partial charge in [0, 0.05) is 6.54 Å². The number of carbonyl (C=O) groups is 1. The average Bonchev–Trinajstić information content (AvgIpc) is 3.40. The number of hydrogen-bond donors (Lipinski definition) is 2. The van der Waals surface area contributed by atoms with Gasteiger partial charge >= 0.3 is 5.97 Å². The minimum Gasteiger partial charge on any atom is -0.462 e. The first-order chi connectivity index (χ1) is 15.3. The van der Waals surface area contributed by atoms with Gasteiger partial charge in [-0.15, -0.1) is 0 Å². The van der Waals surface area contributed by atoms with Gasteiger partial charge in [0.1, 0.15) is 42.8 Å². The van der Waals surface area contributed by atoms with Gasteiger partial charge in [0.05, 0.1) is 12.4 Å². The van der Waals surface area contributed by atoms with Crippen LogP contribution in [0.25, 0.3) is 11.2 Å². The number of nitrogen functional groups attached to an aromatic ring is 1. The van der Waals surface area contributed by atoms with E-state index in [9.17, 15) is 4.79 Å². The zero-order valence-corrected chi connectivity index (χ0v) is 19.3. The quantitative estimate of drug-likeness (QED) is 0.503. The fraction of sp³-hybridized carbons (Fsp3) is 0.700. The molecule has 0 bridgehead atoms. The van der Waals surface area contributed by atoms with E-state index in [0.717, 1.165) is 5.75 Å². The second-order valence-electron chi connectivity index (χ2n) is 8.45. The summed E-state index contributed by atoms with van der Waals surface area (Å²) in [7, 11) is 0. The Morgan fingerprint density at radius 1 is 1.28 bits per heavy atom. The van der Waals surface area contributed by atoms with Gasteiger partial charge < -0.3 is 35.0 Å². The Morgan fingerprint density at radius 2 is 2.03 bits per heavy atom. The zero-order chi connectivity index (χ0) is 22.9. The third-order valence-electron chi connectivity index (χ3n) is 5.66. The summed E-state index contributed by atoms with van der Waals surface area (Å²) >= 11 is 1.64. The topological polar surface area (TPSA) is 150 Å². The summed E-state index contributed by atoms with van der Waals surface area (Å²) in [6, 6.07) is -0.642. The van der Waals surface area contributed by atoms with E-state index in [1.54, 1.807) is 18.1 Å². The highest BCUT2D eigenvalue weighted by Crippen LogP contribution is 2.40. The van der Waals surface area contributed by atoms with Crippen LogP contribution in [0, 0.1) is 0 Å². The van der Waals surface area contributed by atoms with Gasteiger partial charge in [-0.1, -0.05) is 0 Å². The first-order valence-electron chi connectivity index (χ1n) is 10.6. The van der Waals surface area contributed by atoms with Crippen molar-refractivity contribution in [3.8, 4) is 0 Å². The summed E-state index contributed by atoms with van der Waals surface area (Å²) in [6.45, 7) is 4.40. The lowest BCUT2D eigenvalue weighted by atomic mass is 10.1. The van der Waals surface area contributed by atoms with Crippen LogP contribution in [0.2, 0.25) is 0 Å². The number of aromatic nitrogens is 4. The van der Waals surface area contributed by atoms with Gasteiger partial charge in [-0.2, -0.15) is 11.8 Å². The van der Waals surface area contributed by atoms with E-state index in [0.29, 0.717) is 36.4 Å². The van der Waals surface area contributed by atoms with Crippen LogP contribution in [-0.4, -0.2) is 80.3 Å². The lowest BCUT2D eigenvalue weighted by molar-refractivity contribution is -0.193. The number of nitrogens with two attached hydrogens (primary N) is 2. The van der Waals surface area contributed by atoms with E-state index in [2.05, 4.69) is 15.0 Å². The fourth-order valence-electron chi connectivity index (χ4n) is 4.10. The van der Waals surface area contributed by atoms with Crippen molar-refractivity contribution in [2.45, 2.75) is 69.5 Å². The van der Waals surface area contributed by atoms with Crippen molar-refractivity contribution in [1.82, 2.24) is 19.5 Å². The molecule has 32 heavy (non-hydrogen) atoms. The summed E-state index contributed by atoms with van der Waals surface area (Å²) < 4.78 is 25.7. The molecule has 4 heterocycles. The lowest BCUT2D eigenvalue weighted by Gasteiger charge is -2.24. The molecule has 0 spiro atoms.